The molecule has 0 atom stereocenters. The van der Waals surface area contributed by atoms with E-state index in [4.69, 9.17) is 11.6 Å². The van der Waals surface area contributed by atoms with Crippen molar-refractivity contribution in [3.05, 3.63) is 0 Å². The van der Waals surface area contributed by atoms with Crippen LogP contribution in [0.25, 0.3) is 0 Å². The first-order valence-corrected chi connectivity index (χ1v) is 5.59. The second-order valence-corrected chi connectivity index (χ2v) is 5.11. The van der Waals surface area contributed by atoms with E-state index in [-0.39, 0.29) is 0 Å². The predicted octanol–water partition coefficient (Wildman–Crippen LogP) is 0.438. The third-order valence-corrected chi connectivity index (χ3v) is 4.27. The summed E-state index contributed by atoms with van der Waals surface area (Å²) in [5.74, 6) is 7.74. The third-order valence-electron chi connectivity index (χ3n) is 4.27. The molecule has 4 fully saturated rings. The molecule has 4 rings (SSSR count). The van der Waals surface area contributed by atoms with Gasteiger partial charge in [0, 0.05) is 12.1 Å². The molecule has 0 amide bonds. The van der Waals surface area contributed by atoms with Crippen LogP contribution in [0.4, 0.5) is 0 Å². The molecular weight excluding hydrogens is 176 g/mol. The second kappa shape index (κ2) is 2.78. The molecule has 78 valence electrons. The Kier molecular flexibility index (Phi) is 1.66. The number of piperidine rings is 2. The SMILES string of the molecule is NN=C(N)N1C2CC3CC(C2)CC1C3. The highest BCUT2D eigenvalue weighted by molar-refractivity contribution is 5.78. The molecule has 0 unspecified atom stereocenters. The fraction of sp³-hybridized carbons (Fsp3) is 0.900. The lowest BCUT2D eigenvalue weighted by atomic mass is 9.64. The van der Waals surface area contributed by atoms with Crippen LogP contribution < -0.4 is 11.6 Å². The minimum atomic E-state index is 0.554. The van der Waals surface area contributed by atoms with Crippen LogP contribution in [-0.2, 0) is 0 Å². The van der Waals surface area contributed by atoms with Crippen molar-refractivity contribution >= 4 is 5.96 Å². The summed E-state index contributed by atoms with van der Waals surface area (Å²) in [4.78, 5) is 2.28. The van der Waals surface area contributed by atoms with Crippen LogP contribution >= 0.6 is 0 Å². The first-order chi connectivity index (χ1) is 6.78. The molecule has 2 aliphatic heterocycles. The molecule has 2 heterocycles. The van der Waals surface area contributed by atoms with Crippen molar-refractivity contribution in [2.75, 3.05) is 0 Å². The topological polar surface area (TPSA) is 67.6 Å². The van der Waals surface area contributed by atoms with Gasteiger partial charge in [-0.1, -0.05) is 0 Å². The minimum absolute atomic E-state index is 0.554. The molecule has 4 aliphatic rings. The fourth-order valence-electron chi connectivity index (χ4n) is 3.97. The molecular formula is C10H18N4. The van der Waals surface area contributed by atoms with E-state index in [0.717, 1.165) is 11.8 Å². The molecule has 0 aromatic carbocycles. The molecule has 4 N–H and O–H groups in total. The Morgan fingerprint density at radius 1 is 1.00 bits per heavy atom. The van der Waals surface area contributed by atoms with E-state index in [1.807, 2.05) is 0 Å². The van der Waals surface area contributed by atoms with Crippen molar-refractivity contribution in [2.45, 2.75) is 44.2 Å². The van der Waals surface area contributed by atoms with Gasteiger partial charge in [-0.05, 0) is 43.9 Å². The van der Waals surface area contributed by atoms with Crippen molar-refractivity contribution < 1.29 is 0 Å². The van der Waals surface area contributed by atoms with Gasteiger partial charge in [-0.2, -0.15) is 0 Å². The summed E-state index contributed by atoms with van der Waals surface area (Å²) in [7, 11) is 0. The number of nitrogens with zero attached hydrogens (tertiary/aromatic N) is 2. The predicted molar refractivity (Wildman–Crippen MR) is 55.3 cm³/mol. The van der Waals surface area contributed by atoms with Gasteiger partial charge in [0.05, 0.1) is 0 Å². The zero-order valence-corrected chi connectivity index (χ0v) is 8.39. The van der Waals surface area contributed by atoms with E-state index in [2.05, 4.69) is 10.0 Å². The summed E-state index contributed by atoms with van der Waals surface area (Å²) in [6.07, 6.45) is 6.69. The van der Waals surface area contributed by atoms with Crippen molar-refractivity contribution in [3.8, 4) is 0 Å². The maximum absolute atomic E-state index is 5.85. The van der Waals surface area contributed by atoms with Crippen LogP contribution in [0.5, 0.6) is 0 Å². The molecule has 2 aliphatic carbocycles. The number of hydrogen-bond acceptors (Lipinski definition) is 2. The molecule has 0 spiro atoms. The van der Waals surface area contributed by atoms with Crippen LogP contribution in [0, 0.1) is 11.8 Å². The summed E-state index contributed by atoms with van der Waals surface area (Å²) in [5, 5.41) is 3.65. The maximum Gasteiger partial charge on any atom is 0.213 e. The van der Waals surface area contributed by atoms with Gasteiger partial charge in [0.1, 0.15) is 0 Å². The Morgan fingerprint density at radius 2 is 1.50 bits per heavy atom. The average Bonchev–Trinajstić information content (AvgIpc) is 2.15. The number of hydrogen-bond donors (Lipinski definition) is 2. The lowest BCUT2D eigenvalue weighted by molar-refractivity contribution is -0.0169. The minimum Gasteiger partial charge on any atom is -0.368 e. The van der Waals surface area contributed by atoms with Gasteiger partial charge < -0.3 is 16.5 Å². The lowest BCUT2D eigenvalue weighted by Gasteiger charge is -2.56. The zero-order chi connectivity index (χ0) is 9.71. The molecule has 4 bridgehead atoms. The molecule has 14 heavy (non-hydrogen) atoms. The van der Waals surface area contributed by atoms with Gasteiger partial charge in [0.25, 0.3) is 0 Å². The highest BCUT2D eigenvalue weighted by Gasteiger charge is 2.47. The quantitative estimate of drug-likeness (QED) is 0.254. The van der Waals surface area contributed by atoms with Gasteiger partial charge in [-0.3, -0.25) is 0 Å². The standard InChI is InChI=1S/C10H18N4/c11-10(13-12)14-8-2-6-1-7(4-8)5-9(14)3-6/h6-9H,1-5,12H2,(H2,11,13). The van der Waals surface area contributed by atoms with Gasteiger partial charge in [0.15, 0.2) is 0 Å². The summed E-state index contributed by atoms with van der Waals surface area (Å²) in [6, 6.07) is 1.28. The Hall–Kier alpha value is -0.930. The average molecular weight is 194 g/mol. The van der Waals surface area contributed by atoms with E-state index in [1.54, 1.807) is 0 Å². The van der Waals surface area contributed by atoms with E-state index in [1.165, 1.54) is 32.1 Å². The number of hydrazone groups is 1. The highest BCUT2D eigenvalue weighted by Crippen LogP contribution is 2.48. The van der Waals surface area contributed by atoms with E-state index < -0.39 is 0 Å². The Balaban J connectivity index is 1.88. The molecule has 2 saturated carbocycles. The smallest absolute Gasteiger partial charge is 0.213 e. The number of nitrogens with two attached hydrogens (primary N) is 2. The summed E-state index contributed by atoms with van der Waals surface area (Å²) in [6.45, 7) is 0. The van der Waals surface area contributed by atoms with Crippen molar-refractivity contribution in [2.24, 2.45) is 28.5 Å². The highest BCUT2D eigenvalue weighted by atomic mass is 15.4. The molecule has 0 aromatic rings. The second-order valence-electron chi connectivity index (χ2n) is 5.11. The molecule has 0 radical (unpaired) electrons. The first kappa shape index (κ1) is 8.38. The number of rotatable bonds is 0. The van der Waals surface area contributed by atoms with Gasteiger partial charge in [-0.25, -0.2) is 0 Å². The van der Waals surface area contributed by atoms with Gasteiger partial charge in [-0.15, -0.1) is 5.10 Å². The van der Waals surface area contributed by atoms with Crippen LogP contribution in [-0.4, -0.2) is 22.9 Å². The van der Waals surface area contributed by atoms with Crippen molar-refractivity contribution in [3.63, 3.8) is 0 Å². The Bertz CT molecular complexity index is 245. The zero-order valence-electron chi connectivity index (χ0n) is 8.39. The Morgan fingerprint density at radius 3 is 1.93 bits per heavy atom. The molecule has 0 aromatic heterocycles. The van der Waals surface area contributed by atoms with Gasteiger partial charge >= 0.3 is 0 Å². The maximum atomic E-state index is 5.85. The molecule has 4 nitrogen and oxygen atoms in total. The van der Waals surface area contributed by atoms with Crippen LogP contribution in [0.1, 0.15) is 32.1 Å². The number of guanidine groups is 1. The van der Waals surface area contributed by atoms with Crippen LogP contribution in [0.3, 0.4) is 0 Å². The van der Waals surface area contributed by atoms with E-state index in [9.17, 15) is 0 Å². The van der Waals surface area contributed by atoms with Crippen LogP contribution in [0.15, 0.2) is 5.10 Å². The fourth-order valence-corrected chi connectivity index (χ4v) is 3.97. The van der Waals surface area contributed by atoms with Gasteiger partial charge in [0.2, 0.25) is 5.96 Å². The molecule has 2 saturated heterocycles. The normalized spacial score (nSPS) is 46.0. The van der Waals surface area contributed by atoms with E-state index >= 15 is 0 Å². The van der Waals surface area contributed by atoms with Crippen molar-refractivity contribution in [1.82, 2.24) is 4.90 Å². The van der Waals surface area contributed by atoms with E-state index in [0.29, 0.717) is 18.0 Å². The first-order valence-electron chi connectivity index (χ1n) is 5.59. The monoisotopic (exact) mass is 194 g/mol. The third kappa shape index (κ3) is 1.03. The summed E-state index contributed by atoms with van der Waals surface area (Å²) >= 11 is 0. The Labute approximate surface area is 84.3 Å². The lowest BCUT2D eigenvalue weighted by Crippen LogP contribution is -2.61. The molecule has 4 heteroatoms. The largest absolute Gasteiger partial charge is 0.368 e. The van der Waals surface area contributed by atoms with Crippen LogP contribution in [0.2, 0.25) is 0 Å². The summed E-state index contributed by atoms with van der Waals surface area (Å²) in [5.41, 5.74) is 5.85. The van der Waals surface area contributed by atoms with Crippen molar-refractivity contribution in [1.29, 1.82) is 0 Å². The summed E-state index contributed by atoms with van der Waals surface area (Å²) < 4.78 is 0.